The second kappa shape index (κ2) is 8.40. The summed E-state index contributed by atoms with van der Waals surface area (Å²) in [5.41, 5.74) is 6.40. The molecule has 0 unspecified atom stereocenters. The highest BCUT2D eigenvalue weighted by atomic mass is 32.1. The van der Waals surface area contributed by atoms with Crippen LogP contribution in [0.1, 0.15) is 16.8 Å². The zero-order valence-corrected chi connectivity index (χ0v) is 15.1. The Labute approximate surface area is 157 Å². The highest BCUT2D eigenvalue weighted by Gasteiger charge is 2.02. The van der Waals surface area contributed by atoms with Gasteiger partial charge in [0.15, 0.2) is 5.11 Å². The number of hydrogen-bond donors (Lipinski definition) is 2. The fraction of sp³-hybridized carbons (Fsp3) is 0.100. The Morgan fingerprint density at radius 2 is 1.88 bits per heavy atom. The number of anilines is 1. The average Bonchev–Trinajstić information content (AvgIpc) is 3.06. The van der Waals surface area contributed by atoms with Crippen LogP contribution in [-0.2, 0) is 6.54 Å². The molecule has 0 amide bonds. The van der Waals surface area contributed by atoms with E-state index in [2.05, 4.69) is 51.6 Å². The minimum atomic E-state index is -0.368. The van der Waals surface area contributed by atoms with Crippen LogP contribution in [0.5, 0.6) is 0 Å². The lowest BCUT2D eigenvalue weighted by Gasteiger charge is -2.08. The number of hydrazone groups is 1. The molecule has 2 aromatic carbocycles. The normalized spacial score (nSPS) is 10.8. The third-order valence-corrected chi connectivity index (χ3v) is 4.02. The SMILES string of the molecule is Cc1ccc(Cn2cccc2/C=N\NC(=S)Nc2ccccc2F)cc1. The highest BCUT2D eigenvalue weighted by Crippen LogP contribution is 2.12. The van der Waals surface area contributed by atoms with Gasteiger partial charge in [0.05, 0.1) is 17.6 Å². The molecule has 0 aliphatic rings. The quantitative estimate of drug-likeness (QED) is 0.402. The van der Waals surface area contributed by atoms with Gasteiger partial charge in [-0.05, 0) is 49.0 Å². The van der Waals surface area contributed by atoms with Gasteiger partial charge in [0, 0.05) is 12.7 Å². The number of aromatic nitrogens is 1. The Hall–Kier alpha value is -2.99. The smallest absolute Gasteiger partial charge is 0.191 e. The fourth-order valence-corrected chi connectivity index (χ4v) is 2.61. The van der Waals surface area contributed by atoms with Crippen molar-refractivity contribution in [1.82, 2.24) is 9.99 Å². The molecule has 3 aromatic rings. The number of para-hydroxylation sites is 1. The van der Waals surface area contributed by atoms with Gasteiger partial charge in [0.1, 0.15) is 5.82 Å². The molecular formula is C20H19FN4S. The number of benzene rings is 2. The van der Waals surface area contributed by atoms with Gasteiger partial charge < -0.3 is 9.88 Å². The molecule has 0 saturated carbocycles. The lowest BCUT2D eigenvalue weighted by Crippen LogP contribution is -2.24. The standard InChI is InChI=1S/C20H19FN4S/c1-15-8-10-16(11-9-15)14-25-12-4-5-17(25)13-22-24-20(26)23-19-7-3-2-6-18(19)21/h2-13H,14H2,1H3,(H2,23,24,26)/b22-13-. The van der Waals surface area contributed by atoms with Crippen LogP contribution < -0.4 is 10.7 Å². The topological polar surface area (TPSA) is 41.4 Å². The number of aryl methyl sites for hydroxylation is 1. The summed E-state index contributed by atoms with van der Waals surface area (Å²) in [6.07, 6.45) is 3.68. The maximum Gasteiger partial charge on any atom is 0.191 e. The zero-order valence-electron chi connectivity index (χ0n) is 14.3. The van der Waals surface area contributed by atoms with E-state index in [1.807, 2.05) is 18.3 Å². The van der Waals surface area contributed by atoms with Crippen molar-refractivity contribution in [1.29, 1.82) is 0 Å². The lowest BCUT2D eigenvalue weighted by molar-refractivity contribution is 0.632. The Bertz CT molecular complexity index is 916. The van der Waals surface area contributed by atoms with Crippen molar-refractivity contribution in [3.05, 3.63) is 89.5 Å². The lowest BCUT2D eigenvalue weighted by atomic mass is 10.1. The average molecular weight is 366 g/mol. The molecular weight excluding hydrogens is 347 g/mol. The predicted molar refractivity (Wildman–Crippen MR) is 108 cm³/mol. The first-order chi connectivity index (χ1) is 12.6. The van der Waals surface area contributed by atoms with Gasteiger partial charge in [-0.2, -0.15) is 5.10 Å². The summed E-state index contributed by atoms with van der Waals surface area (Å²) in [6.45, 7) is 2.83. The summed E-state index contributed by atoms with van der Waals surface area (Å²) in [4.78, 5) is 0. The van der Waals surface area contributed by atoms with Crippen molar-refractivity contribution < 1.29 is 4.39 Å². The van der Waals surface area contributed by atoms with Crippen molar-refractivity contribution in [3.63, 3.8) is 0 Å². The van der Waals surface area contributed by atoms with Crippen molar-refractivity contribution >= 4 is 29.2 Å². The molecule has 0 aliphatic carbocycles. The van der Waals surface area contributed by atoms with E-state index in [0.717, 1.165) is 12.2 Å². The molecule has 0 fully saturated rings. The molecule has 1 heterocycles. The first-order valence-electron chi connectivity index (χ1n) is 8.17. The number of nitrogens with one attached hydrogen (secondary N) is 2. The summed E-state index contributed by atoms with van der Waals surface area (Å²) < 4.78 is 15.7. The Morgan fingerprint density at radius 3 is 2.65 bits per heavy atom. The van der Waals surface area contributed by atoms with Crippen LogP contribution in [0.2, 0.25) is 0 Å². The third-order valence-electron chi connectivity index (χ3n) is 3.82. The predicted octanol–water partition coefficient (Wildman–Crippen LogP) is 4.30. The molecule has 0 radical (unpaired) electrons. The van der Waals surface area contributed by atoms with E-state index in [9.17, 15) is 4.39 Å². The summed E-state index contributed by atoms with van der Waals surface area (Å²) in [6, 6.07) is 18.7. The summed E-state index contributed by atoms with van der Waals surface area (Å²) in [5, 5.41) is 7.13. The van der Waals surface area contributed by atoms with Gasteiger partial charge in [0.2, 0.25) is 0 Å². The van der Waals surface area contributed by atoms with Crippen LogP contribution in [0, 0.1) is 12.7 Å². The van der Waals surface area contributed by atoms with Crippen LogP contribution >= 0.6 is 12.2 Å². The number of nitrogens with zero attached hydrogens (tertiary/aromatic N) is 2. The monoisotopic (exact) mass is 366 g/mol. The molecule has 132 valence electrons. The van der Waals surface area contributed by atoms with E-state index < -0.39 is 0 Å². The number of halogens is 1. The molecule has 0 atom stereocenters. The highest BCUT2D eigenvalue weighted by molar-refractivity contribution is 7.80. The minimum absolute atomic E-state index is 0.225. The first kappa shape index (κ1) is 17.8. The maximum absolute atomic E-state index is 13.6. The molecule has 3 rings (SSSR count). The zero-order chi connectivity index (χ0) is 18.4. The summed E-state index contributed by atoms with van der Waals surface area (Å²) >= 11 is 5.13. The molecule has 0 spiro atoms. The van der Waals surface area contributed by atoms with Gasteiger partial charge in [0.25, 0.3) is 0 Å². The number of hydrogen-bond acceptors (Lipinski definition) is 2. The molecule has 1 aromatic heterocycles. The summed E-state index contributed by atoms with van der Waals surface area (Å²) in [5.74, 6) is -0.368. The van der Waals surface area contributed by atoms with E-state index in [4.69, 9.17) is 12.2 Å². The Kier molecular flexibility index (Phi) is 5.76. The second-order valence-corrected chi connectivity index (χ2v) is 6.26. The van der Waals surface area contributed by atoms with Gasteiger partial charge in [-0.25, -0.2) is 4.39 Å². The van der Waals surface area contributed by atoms with Crippen LogP contribution in [0.4, 0.5) is 10.1 Å². The Morgan fingerprint density at radius 1 is 1.12 bits per heavy atom. The van der Waals surface area contributed by atoms with E-state index in [1.54, 1.807) is 24.4 Å². The van der Waals surface area contributed by atoms with E-state index >= 15 is 0 Å². The van der Waals surface area contributed by atoms with E-state index in [0.29, 0.717) is 5.69 Å². The minimum Gasteiger partial charge on any atom is -0.342 e. The van der Waals surface area contributed by atoms with Crippen molar-refractivity contribution in [2.24, 2.45) is 5.10 Å². The van der Waals surface area contributed by atoms with Crippen LogP contribution in [-0.4, -0.2) is 15.9 Å². The van der Waals surface area contributed by atoms with Crippen LogP contribution in [0.25, 0.3) is 0 Å². The number of rotatable bonds is 5. The number of thiocarbonyl (C=S) groups is 1. The van der Waals surface area contributed by atoms with Crippen LogP contribution in [0.3, 0.4) is 0 Å². The van der Waals surface area contributed by atoms with E-state index in [-0.39, 0.29) is 10.9 Å². The van der Waals surface area contributed by atoms with Crippen LogP contribution in [0.15, 0.2) is 72.0 Å². The molecule has 2 N–H and O–H groups in total. The van der Waals surface area contributed by atoms with Crippen molar-refractivity contribution in [2.75, 3.05) is 5.32 Å². The second-order valence-electron chi connectivity index (χ2n) is 5.85. The molecule has 6 heteroatoms. The largest absolute Gasteiger partial charge is 0.342 e. The van der Waals surface area contributed by atoms with Gasteiger partial charge in [-0.15, -0.1) is 0 Å². The maximum atomic E-state index is 13.6. The van der Waals surface area contributed by atoms with Gasteiger partial charge >= 0.3 is 0 Å². The molecule has 0 bridgehead atoms. The Balaban J connectivity index is 1.59. The molecule has 0 aliphatic heterocycles. The van der Waals surface area contributed by atoms with E-state index in [1.165, 1.54) is 17.2 Å². The third kappa shape index (κ3) is 4.77. The fourth-order valence-electron chi connectivity index (χ4n) is 2.45. The van der Waals surface area contributed by atoms with Crippen molar-refractivity contribution in [2.45, 2.75) is 13.5 Å². The molecule has 4 nitrogen and oxygen atoms in total. The van der Waals surface area contributed by atoms with Gasteiger partial charge in [-0.1, -0.05) is 42.0 Å². The summed E-state index contributed by atoms with van der Waals surface area (Å²) in [7, 11) is 0. The first-order valence-corrected chi connectivity index (χ1v) is 8.58. The van der Waals surface area contributed by atoms with Gasteiger partial charge in [-0.3, -0.25) is 5.43 Å². The molecule has 26 heavy (non-hydrogen) atoms. The van der Waals surface area contributed by atoms with Crippen molar-refractivity contribution in [3.8, 4) is 0 Å². The molecule has 0 saturated heterocycles.